The first-order chi connectivity index (χ1) is 12.5. The summed E-state index contributed by atoms with van der Waals surface area (Å²) in [5, 5.41) is 3.21. The number of hydrogen-bond donors (Lipinski definition) is 1. The number of aromatic nitrogens is 1. The zero-order valence-corrected chi connectivity index (χ0v) is 15.6. The summed E-state index contributed by atoms with van der Waals surface area (Å²) in [6.07, 6.45) is 1.57. The van der Waals surface area contributed by atoms with Crippen LogP contribution in [0.3, 0.4) is 0 Å². The van der Waals surface area contributed by atoms with Gasteiger partial charge >= 0.3 is 0 Å². The maximum atomic E-state index is 13.2. The summed E-state index contributed by atoms with van der Waals surface area (Å²) in [5.41, 5.74) is 1.50. The van der Waals surface area contributed by atoms with E-state index in [0.717, 1.165) is 31.7 Å². The molecular weight excluding hydrogens is 378 g/mol. The van der Waals surface area contributed by atoms with Crippen LogP contribution in [0.4, 0.5) is 10.1 Å². The second-order valence-corrected chi connectivity index (χ2v) is 6.96. The Morgan fingerprint density at radius 2 is 1.88 bits per heavy atom. The Kier molecular flexibility index (Phi) is 6.43. The van der Waals surface area contributed by atoms with E-state index in [0.29, 0.717) is 18.8 Å². The predicted octanol–water partition coefficient (Wildman–Crippen LogP) is 3.28. The van der Waals surface area contributed by atoms with E-state index in [1.165, 1.54) is 6.07 Å². The second-order valence-electron chi connectivity index (χ2n) is 6.19. The van der Waals surface area contributed by atoms with E-state index < -0.39 is 5.82 Å². The molecular formula is C18H19Cl2FN4O. The van der Waals surface area contributed by atoms with E-state index in [9.17, 15) is 9.18 Å². The molecule has 2 heterocycles. The molecule has 0 unspecified atom stereocenters. The van der Waals surface area contributed by atoms with Gasteiger partial charge in [-0.1, -0.05) is 29.3 Å². The van der Waals surface area contributed by atoms with E-state index in [2.05, 4.69) is 20.1 Å². The topological polar surface area (TPSA) is 48.5 Å². The van der Waals surface area contributed by atoms with Crippen LogP contribution < -0.4 is 5.32 Å². The maximum Gasteiger partial charge on any atom is 0.238 e. The molecule has 0 bridgehead atoms. The molecule has 1 saturated heterocycles. The molecule has 1 amide bonds. The normalized spacial score (nSPS) is 15.8. The van der Waals surface area contributed by atoms with Crippen molar-refractivity contribution >= 4 is 34.8 Å². The lowest BCUT2D eigenvalue weighted by Gasteiger charge is -2.34. The van der Waals surface area contributed by atoms with Gasteiger partial charge in [0, 0.05) is 38.9 Å². The van der Waals surface area contributed by atoms with Crippen molar-refractivity contribution in [3.05, 3.63) is 58.1 Å². The van der Waals surface area contributed by atoms with E-state index >= 15 is 0 Å². The largest absolute Gasteiger partial charge is 0.322 e. The van der Waals surface area contributed by atoms with Crippen LogP contribution in [0.1, 0.15) is 5.56 Å². The number of anilines is 1. The van der Waals surface area contributed by atoms with Gasteiger partial charge in [0.15, 0.2) is 5.15 Å². The van der Waals surface area contributed by atoms with Gasteiger partial charge in [-0.2, -0.15) is 0 Å². The van der Waals surface area contributed by atoms with Crippen LogP contribution in [0.25, 0.3) is 0 Å². The molecule has 3 rings (SSSR count). The van der Waals surface area contributed by atoms with E-state index in [1.54, 1.807) is 30.5 Å². The highest BCUT2D eigenvalue weighted by Crippen LogP contribution is 2.19. The Bertz CT molecular complexity index is 782. The number of amides is 1. The van der Waals surface area contributed by atoms with Gasteiger partial charge in [0.05, 0.1) is 17.3 Å². The van der Waals surface area contributed by atoms with Crippen molar-refractivity contribution in [1.29, 1.82) is 0 Å². The van der Waals surface area contributed by atoms with Crippen LogP contribution in [0.15, 0.2) is 36.5 Å². The predicted molar refractivity (Wildman–Crippen MR) is 101 cm³/mol. The number of piperazine rings is 1. The summed E-state index contributed by atoms with van der Waals surface area (Å²) >= 11 is 11.8. The number of nitrogens with zero attached hydrogens (tertiary/aromatic N) is 3. The third kappa shape index (κ3) is 5.14. The zero-order valence-electron chi connectivity index (χ0n) is 14.1. The second kappa shape index (κ2) is 8.77. The van der Waals surface area contributed by atoms with Crippen LogP contribution in [0.2, 0.25) is 10.2 Å². The molecule has 1 aliphatic heterocycles. The van der Waals surface area contributed by atoms with E-state index in [4.69, 9.17) is 23.2 Å². The summed E-state index contributed by atoms with van der Waals surface area (Å²) in [6, 6.07) is 8.25. The number of benzene rings is 1. The summed E-state index contributed by atoms with van der Waals surface area (Å²) in [5.74, 6) is -0.515. The summed E-state index contributed by atoms with van der Waals surface area (Å²) < 4.78 is 13.2. The number of carbonyl (C=O) groups is 1. The van der Waals surface area contributed by atoms with Crippen molar-refractivity contribution in [2.75, 3.05) is 38.0 Å². The van der Waals surface area contributed by atoms with Crippen LogP contribution in [0, 0.1) is 5.82 Å². The smallest absolute Gasteiger partial charge is 0.238 e. The van der Waals surface area contributed by atoms with Gasteiger partial charge in [0.25, 0.3) is 0 Å². The van der Waals surface area contributed by atoms with Crippen LogP contribution in [-0.2, 0) is 11.3 Å². The molecule has 0 atom stereocenters. The maximum absolute atomic E-state index is 13.2. The number of halogens is 3. The quantitative estimate of drug-likeness (QED) is 0.787. The minimum Gasteiger partial charge on any atom is -0.322 e. The van der Waals surface area contributed by atoms with Crippen molar-refractivity contribution in [3.8, 4) is 0 Å². The average Bonchev–Trinajstić information content (AvgIpc) is 2.62. The lowest BCUT2D eigenvalue weighted by atomic mass is 10.2. The van der Waals surface area contributed by atoms with Crippen molar-refractivity contribution in [2.24, 2.45) is 0 Å². The average molecular weight is 397 g/mol. The number of hydrogen-bond acceptors (Lipinski definition) is 4. The zero-order chi connectivity index (χ0) is 18.5. The summed E-state index contributed by atoms with van der Waals surface area (Å²) in [4.78, 5) is 20.5. The van der Waals surface area contributed by atoms with Crippen molar-refractivity contribution in [1.82, 2.24) is 14.8 Å². The first-order valence-electron chi connectivity index (χ1n) is 8.30. The molecule has 1 aliphatic rings. The molecule has 0 saturated carbocycles. The summed E-state index contributed by atoms with van der Waals surface area (Å²) in [7, 11) is 0. The van der Waals surface area contributed by atoms with Gasteiger partial charge in [0.2, 0.25) is 5.91 Å². The Labute approximate surface area is 161 Å². The molecule has 1 aromatic carbocycles. The first-order valence-corrected chi connectivity index (χ1v) is 9.06. The van der Waals surface area contributed by atoms with E-state index in [1.807, 2.05) is 0 Å². The molecule has 0 radical (unpaired) electrons. The van der Waals surface area contributed by atoms with Gasteiger partial charge in [-0.15, -0.1) is 0 Å². The molecule has 26 heavy (non-hydrogen) atoms. The van der Waals surface area contributed by atoms with Gasteiger partial charge < -0.3 is 5.32 Å². The highest BCUT2D eigenvalue weighted by Gasteiger charge is 2.19. The Balaban J connectivity index is 1.45. The molecule has 1 N–H and O–H groups in total. The number of nitrogens with one attached hydrogen (secondary N) is 1. The standard InChI is InChI=1S/C18H19Cl2FN4O/c19-14-10-13(3-4-15(14)21)11-24-6-8-25(9-7-24)12-17(26)23-16-2-1-5-22-18(16)20/h1-5,10H,6-9,11-12H2,(H,23,26). The molecule has 2 aromatic rings. The fraction of sp³-hybridized carbons (Fsp3) is 0.333. The monoisotopic (exact) mass is 396 g/mol. The molecule has 138 valence electrons. The Hall–Kier alpha value is -1.73. The minimum absolute atomic E-state index is 0.112. The SMILES string of the molecule is O=C(CN1CCN(Cc2ccc(F)c(Cl)c2)CC1)Nc1cccnc1Cl. The first kappa shape index (κ1) is 19.0. The highest BCUT2D eigenvalue weighted by molar-refractivity contribution is 6.32. The highest BCUT2D eigenvalue weighted by atomic mass is 35.5. The van der Waals surface area contributed by atoms with E-state index in [-0.39, 0.29) is 16.1 Å². The van der Waals surface area contributed by atoms with Gasteiger partial charge in [-0.25, -0.2) is 9.37 Å². The van der Waals surface area contributed by atoms with Gasteiger partial charge in [-0.05, 0) is 29.8 Å². The Morgan fingerprint density at radius 3 is 2.58 bits per heavy atom. The van der Waals surface area contributed by atoms with Crippen molar-refractivity contribution < 1.29 is 9.18 Å². The molecule has 1 aromatic heterocycles. The van der Waals surface area contributed by atoms with Crippen LogP contribution in [-0.4, -0.2) is 53.4 Å². The minimum atomic E-state index is -0.403. The Morgan fingerprint density at radius 1 is 1.15 bits per heavy atom. The molecule has 1 fully saturated rings. The molecule has 5 nitrogen and oxygen atoms in total. The number of rotatable bonds is 5. The van der Waals surface area contributed by atoms with Crippen molar-refractivity contribution in [3.63, 3.8) is 0 Å². The third-order valence-electron chi connectivity index (χ3n) is 4.26. The molecule has 0 spiro atoms. The molecule has 0 aliphatic carbocycles. The lowest BCUT2D eigenvalue weighted by Crippen LogP contribution is -2.48. The van der Waals surface area contributed by atoms with Crippen LogP contribution >= 0.6 is 23.2 Å². The van der Waals surface area contributed by atoms with Gasteiger partial charge in [0.1, 0.15) is 5.82 Å². The molecule has 8 heteroatoms. The number of pyridine rings is 1. The fourth-order valence-electron chi connectivity index (χ4n) is 2.87. The van der Waals surface area contributed by atoms with Gasteiger partial charge in [-0.3, -0.25) is 14.6 Å². The third-order valence-corrected chi connectivity index (χ3v) is 4.85. The lowest BCUT2D eigenvalue weighted by molar-refractivity contribution is -0.117. The fourth-order valence-corrected chi connectivity index (χ4v) is 3.24. The van der Waals surface area contributed by atoms with Crippen molar-refractivity contribution in [2.45, 2.75) is 6.54 Å². The van der Waals surface area contributed by atoms with Crippen LogP contribution in [0.5, 0.6) is 0 Å². The summed E-state index contributed by atoms with van der Waals surface area (Å²) in [6.45, 7) is 4.24. The number of carbonyl (C=O) groups excluding carboxylic acids is 1.